The van der Waals surface area contributed by atoms with Crippen LogP contribution in [-0.4, -0.2) is 22.4 Å². The molecule has 0 aliphatic carbocycles. The summed E-state index contributed by atoms with van der Waals surface area (Å²) in [7, 11) is 0. The summed E-state index contributed by atoms with van der Waals surface area (Å²) >= 11 is 0. The Morgan fingerprint density at radius 1 is 1.08 bits per heavy atom. The third-order valence-electron chi connectivity index (χ3n) is 1.99. The molecule has 0 saturated heterocycles. The van der Waals surface area contributed by atoms with Gasteiger partial charge in [-0.05, 0) is 25.7 Å². The summed E-state index contributed by atoms with van der Waals surface area (Å²) in [5, 5.41) is 18.5. The highest BCUT2D eigenvalue weighted by Gasteiger charge is 2.07. The zero-order valence-electron chi connectivity index (χ0n) is 8.08. The van der Waals surface area contributed by atoms with Crippen LogP contribution < -0.4 is 0 Å². The quantitative estimate of drug-likeness (QED) is 0.600. The van der Waals surface area contributed by atoms with Gasteiger partial charge in [0, 0.05) is 0 Å². The normalized spacial score (nSPS) is 15.7. The van der Waals surface area contributed by atoms with E-state index in [4.69, 9.17) is 0 Å². The molecule has 0 fully saturated rings. The first-order valence-corrected chi connectivity index (χ1v) is 4.62. The maximum Gasteiger partial charge on any atom is 0.0574 e. The smallest absolute Gasteiger partial charge is 0.0574 e. The van der Waals surface area contributed by atoms with E-state index in [2.05, 4.69) is 6.58 Å². The number of hydrogen-bond acceptors (Lipinski definition) is 2. The lowest BCUT2D eigenvalue weighted by molar-refractivity contribution is 0.151. The van der Waals surface area contributed by atoms with Crippen molar-refractivity contribution in [3.05, 3.63) is 12.2 Å². The second-order valence-corrected chi connectivity index (χ2v) is 3.28. The zero-order valence-corrected chi connectivity index (χ0v) is 8.08. The molecule has 2 heteroatoms. The maximum absolute atomic E-state index is 9.27. The van der Waals surface area contributed by atoms with Gasteiger partial charge in [-0.1, -0.05) is 26.0 Å². The van der Waals surface area contributed by atoms with Crippen molar-refractivity contribution in [1.29, 1.82) is 0 Å². The van der Waals surface area contributed by atoms with E-state index < -0.39 is 0 Å². The summed E-state index contributed by atoms with van der Waals surface area (Å²) in [6.07, 6.45) is 2.16. The molecule has 0 aliphatic rings. The Balaban J connectivity index is 3.59. The van der Waals surface area contributed by atoms with Gasteiger partial charge in [-0.3, -0.25) is 0 Å². The summed E-state index contributed by atoms with van der Waals surface area (Å²) in [5.74, 6) is 0. The van der Waals surface area contributed by atoms with E-state index >= 15 is 0 Å². The van der Waals surface area contributed by atoms with Gasteiger partial charge < -0.3 is 10.2 Å². The van der Waals surface area contributed by atoms with Crippen LogP contribution >= 0.6 is 0 Å². The molecule has 0 amide bonds. The topological polar surface area (TPSA) is 40.5 Å². The lowest BCUT2D eigenvalue weighted by Crippen LogP contribution is -2.10. The van der Waals surface area contributed by atoms with E-state index in [0.717, 1.165) is 18.4 Å². The fraction of sp³-hybridized carbons (Fsp3) is 0.800. The minimum Gasteiger partial charge on any atom is -0.393 e. The van der Waals surface area contributed by atoms with Crippen LogP contribution in [0.5, 0.6) is 0 Å². The number of aliphatic hydroxyl groups excluding tert-OH is 2. The summed E-state index contributed by atoms with van der Waals surface area (Å²) in [4.78, 5) is 0. The summed E-state index contributed by atoms with van der Waals surface area (Å²) < 4.78 is 0. The number of aliphatic hydroxyl groups is 2. The molecule has 0 saturated carbocycles. The van der Waals surface area contributed by atoms with Crippen LogP contribution in [0.15, 0.2) is 12.2 Å². The summed E-state index contributed by atoms with van der Waals surface area (Å²) in [6.45, 7) is 7.69. The van der Waals surface area contributed by atoms with Crippen molar-refractivity contribution in [2.75, 3.05) is 0 Å². The van der Waals surface area contributed by atoms with Crippen molar-refractivity contribution < 1.29 is 10.2 Å². The third-order valence-corrected chi connectivity index (χ3v) is 1.99. The molecule has 0 bridgehead atoms. The molecule has 0 rings (SSSR count). The predicted molar refractivity (Wildman–Crippen MR) is 51.0 cm³/mol. The Kier molecular flexibility index (Phi) is 6.03. The second kappa shape index (κ2) is 6.21. The van der Waals surface area contributed by atoms with Crippen molar-refractivity contribution >= 4 is 0 Å². The number of hydrogen-bond donors (Lipinski definition) is 2. The summed E-state index contributed by atoms with van der Waals surface area (Å²) in [6, 6.07) is 0. The van der Waals surface area contributed by atoms with Crippen molar-refractivity contribution in [3.63, 3.8) is 0 Å². The SMILES string of the molecule is C=C(C[C@@H](O)CC)C[C@@H](O)CC. The average molecular weight is 172 g/mol. The van der Waals surface area contributed by atoms with Gasteiger partial charge in [-0.15, -0.1) is 0 Å². The molecular formula is C10H20O2. The molecule has 0 spiro atoms. The predicted octanol–water partition coefficient (Wildman–Crippen LogP) is 1.86. The molecule has 0 radical (unpaired) electrons. The molecule has 12 heavy (non-hydrogen) atoms. The van der Waals surface area contributed by atoms with Gasteiger partial charge in [0.15, 0.2) is 0 Å². The molecule has 0 aliphatic heterocycles. The van der Waals surface area contributed by atoms with Crippen LogP contribution in [-0.2, 0) is 0 Å². The van der Waals surface area contributed by atoms with E-state index in [-0.39, 0.29) is 12.2 Å². The largest absolute Gasteiger partial charge is 0.393 e. The van der Waals surface area contributed by atoms with E-state index in [9.17, 15) is 10.2 Å². The van der Waals surface area contributed by atoms with Gasteiger partial charge in [-0.2, -0.15) is 0 Å². The van der Waals surface area contributed by atoms with Gasteiger partial charge in [0.25, 0.3) is 0 Å². The van der Waals surface area contributed by atoms with Crippen molar-refractivity contribution in [1.82, 2.24) is 0 Å². The van der Waals surface area contributed by atoms with Gasteiger partial charge in [0.05, 0.1) is 12.2 Å². The zero-order chi connectivity index (χ0) is 9.56. The van der Waals surface area contributed by atoms with Gasteiger partial charge in [-0.25, -0.2) is 0 Å². The first-order chi connectivity index (χ1) is 5.60. The Hall–Kier alpha value is -0.340. The lowest BCUT2D eigenvalue weighted by Gasteiger charge is -2.13. The van der Waals surface area contributed by atoms with Gasteiger partial charge >= 0.3 is 0 Å². The molecule has 0 aromatic carbocycles. The fourth-order valence-electron chi connectivity index (χ4n) is 1.04. The van der Waals surface area contributed by atoms with E-state index in [1.807, 2.05) is 13.8 Å². The molecule has 0 heterocycles. The van der Waals surface area contributed by atoms with Gasteiger partial charge in [0.2, 0.25) is 0 Å². The van der Waals surface area contributed by atoms with E-state index in [1.165, 1.54) is 0 Å². The van der Waals surface area contributed by atoms with Crippen molar-refractivity contribution in [2.45, 2.75) is 51.7 Å². The van der Waals surface area contributed by atoms with Crippen molar-refractivity contribution in [3.8, 4) is 0 Å². The van der Waals surface area contributed by atoms with Crippen LogP contribution in [0.2, 0.25) is 0 Å². The fourth-order valence-corrected chi connectivity index (χ4v) is 1.04. The maximum atomic E-state index is 9.27. The molecule has 2 atom stereocenters. The van der Waals surface area contributed by atoms with Crippen molar-refractivity contribution in [2.24, 2.45) is 0 Å². The molecule has 2 N–H and O–H groups in total. The lowest BCUT2D eigenvalue weighted by atomic mass is 10.0. The van der Waals surface area contributed by atoms with Gasteiger partial charge in [0.1, 0.15) is 0 Å². The Bertz CT molecular complexity index is 118. The standard InChI is InChI=1S/C10H20O2/c1-4-9(11)6-8(3)7-10(12)5-2/h9-12H,3-7H2,1-2H3/t9-,10-/m0/s1. The molecule has 72 valence electrons. The molecule has 2 nitrogen and oxygen atoms in total. The average Bonchev–Trinajstić information content (AvgIpc) is 2.03. The van der Waals surface area contributed by atoms with Crippen LogP contribution in [0, 0.1) is 0 Å². The molecular weight excluding hydrogens is 152 g/mol. The minimum atomic E-state index is -0.290. The van der Waals surface area contributed by atoms with Crippen LogP contribution in [0.4, 0.5) is 0 Å². The van der Waals surface area contributed by atoms with Crippen LogP contribution in [0.25, 0.3) is 0 Å². The highest BCUT2D eigenvalue weighted by molar-refractivity contribution is 4.97. The Morgan fingerprint density at radius 2 is 1.42 bits per heavy atom. The van der Waals surface area contributed by atoms with E-state index in [0.29, 0.717) is 12.8 Å². The van der Waals surface area contributed by atoms with E-state index in [1.54, 1.807) is 0 Å². The monoisotopic (exact) mass is 172 g/mol. The highest BCUT2D eigenvalue weighted by atomic mass is 16.3. The Labute approximate surface area is 74.9 Å². The Morgan fingerprint density at radius 3 is 1.67 bits per heavy atom. The number of rotatable bonds is 6. The first-order valence-electron chi connectivity index (χ1n) is 4.62. The molecule has 0 aromatic heterocycles. The summed E-state index contributed by atoms with van der Waals surface area (Å²) in [5.41, 5.74) is 0.943. The third kappa shape index (κ3) is 5.33. The molecule has 0 aromatic rings. The first kappa shape index (κ1) is 11.7. The second-order valence-electron chi connectivity index (χ2n) is 3.28. The molecule has 0 unspecified atom stereocenters. The van der Waals surface area contributed by atoms with Crippen LogP contribution in [0.3, 0.4) is 0 Å². The minimum absolute atomic E-state index is 0.290. The van der Waals surface area contributed by atoms with Crippen LogP contribution in [0.1, 0.15) is 39.5 Å². The highest BCUT2D eigenvalue weighted by Crippen LogP contribution is 2.13.